The minimum absolute atomic E-state index is 0.0151. The second kappa shape index (κ2) is 13.4. The maximum atomic E-state index is 12.7. The number of methoxy groups -OCH3 is 1. The molecular formula is C29H28N6O6S. The number of carbonyl (C=O) groups excluding carboxylic acids is 3. The Labute approximate surface area is 242 Å². The summed E-state index contributed by atoms with van der Waals surface area (Å²) in [5.41, 5.74) is 2.83. The van der Waals surface area contributed by atoms with Crippen LogP contribution in [0.1, 0.15) is 37.7 Å². The SMILES string of the molecule is COc1cccc(CNC(=O)c2cc(C(=O)NCc3ccc(NC(=O)NS(=O)(=O)c4ccc(C)cc4)cc3)ncn2)c1. The Bertz CT molecular complexity index is 1690. The highest BCUT2D eigenvalue weighted by Gasteiger charge is 2.18. The van der Waals surface area contributed by atoms with Gasteiger partial charge in [0.1, 0.15) is 23.5 Å². The van der Waals surface area contributed by atoms with Crippen molar-refractivity contribution in [2.45, 2.75) is 24.9 Å². The topological polar surface area (TPSA) is 168 Å². The Kier molecular flexibility index (Phi) is 9.45. The summed E-state index contributed by atoms with van der Waals surface area (Å²) in [5.74, 6) is -0.307. The van der Waals surface area contributed by atoms with E-state index in [-0.39, 0.29) is 29.4 Å². The molecule has 0 radical (unpaired) electrons. The van der Waals surface area contributed by atoms with E-state index in [1.165, 1.54) is 18.2 Å². The highest BCUT2D eigenvalue weighted by Crippen LogP contribution is 2.14. The van der Waals surface area contributed by atoms with Crippen LogP contribution in [0.2, 0.25) is 0 Å². The van der Waals surface area contributed by atoms with Crippen LogP contribution in [-0.2, 0) is 23.1 Å². The van der Waals surface area contributed by atoms with Gasteiger partial charge in [-0.2, -0.15) is 0 Å². The number of aromatic nitrogens is 2. The van der Waals surface area contributed by atoms with Crippen LogP contribution in [0.4, 0.5) is 10.5 Å². The predicted octanol–water partition coefficient (Wildman–Crippen LogP) is 3.16. The van der Waals surface area contributed by atoms with Gasteiger partial charge in [-0.15, -0.1) is 0 Å². The summed E-state index contributed by atoms with van der Waals surface area (Å²) in [5, 5.41) is 7.92. The lowest BCUT2D eigenvalue weighted by molar-refractivity contribution is 0.0944. The minimum Gasteiger partial charge on any atom is -0.497 e. The number of ether oxygens (including phenoxy) is 1. The van der Waals surface area contributed by atoms with E-state index in [9.17, 15) is 22.8 Å². The lowest BCUT2D eigenvalue weighted by Gasteiger charge is -2.10. The number of benzene rings is 3. The van der Waals surface area contributed by atoms with E-state index in [1.807, 2.05) is 23.8 Å². The van der Waals surface area contributed by atoms with Crippen molar-refractivity contribution < 1.29 is 27.5 Å². The third kappa shape index (κ3) is 8.11. The van der Waals surface area contributed by atoms with Gasteiger partial charge >= 0.3 is 6.03 Å². The van der Waals surface area contributed by atoms with Gasteiger partial charge in [-0.3, -0.25) is 9.59 Å². The molecule has 0 atom stereocenters. The van der Waals surface area contributed by atoms with Crippen LogP contribution < -0.4 is 25.4 Å². The molecular weight excluding hydrogens is 560 g/mol. The summed E-state index contributed by atoms with van der Waals surface area (Å²) >= 11 is 0. The van der Waals surface area contributed by atoms with E-state index >= 15 is 0 Å². The molecule has 1 heterocycles. The van der Waals surface area contributed by atoms with E-state index in [0.717, 1.165) is 17.5 Å². The number of hydrogen-bond donors (Lipinski definition) is 4. The van der Waals surface area contributed by atoms with Gasteiger partial charge in [-0.1, -0.05) is 42.0 Å². The van der Waals surface area contributed by atoms with E-state index in [2.05, 4.69) is 25.9 Å². The van der Waals surface area contributed by atoms with Crippen LogP contribution in [0.15, 0.2) is 90.1 Å². The molecule has 13 heteroatoms. The van der Waals surface area contributed by atoms with Crippen molar-refractivity contribution in [3.8, 4) is 5.75 Å². The fourth-order valence-corrected chi connectivity index (χ4v) is 4.60. The van der Waals surface area contributed by atoms with Gasteiger partial charge in [0.2, 0.25) is 0 Å². The molecule has 4 amide bonds. The summed E-state index contributed by atoms with van der Waals surface area (Å²) in [6.45, 7) is 2.20. The highest BCUT2D eigenvalue weighted by atomic mass is 32.2. The van der Waals surface area contributed by atoms with Crippen molar-refractivity contribution in [2.75, 3.05) is 12.4 Å². The van der Waals surface area contributed by atoms with Crippen molar-refractivity contribution in [1.29, 1.82) is 0 Å². The highest BCUT2D eigenvalue weighted by molar-refractivity contribution is 7.90. The number of rotatable bonds is 10. The molecule has 0 unspecified atom stereocenters. The number of anilines is 1. The normalized spacial score (nSPS) is 10.8. The molecule has 3 aromatic carbocycles. The maximum Gasteiger partial charge on any atom is 0.333 e. The number of nitrogens with one attached hydrogen (secondary N) is 4. The molecule has 216 valence electrons. The molecule has 4 rings (SSSR count). The third-order valence-corrected chi connectivity index (χ3v) is 7.29. The lowest BCUT2D eigenvalue weighted by Crippen LogP contribution is -2.34. The summed E-state index contributed by atoms with van der Waals surface area (Å²) in [6, 6.07) is 20.2. The summed E-state index contributed by atoms with van der Waals surface area (Å²) in [7, 11) is -2.47. The number of sulfonamides is 1. The second-order valence-electron chi connectivity index (χ2n) is 9.07. The fourth-order valence-electron chi connectivity index (χ4n) is 3.69. The number of urea groups is 1. The van der Waals surface area contributed by atoms with Crippen molar-refractivity contribution in [3.05, 3.63) is 113 Å². The first kappa shape index (κ1) is 29.7. The fraction of sp³-hybridized carbons (Fsp3) is 0.138. The Morgan fingerprint density at radius 2 is 1.40 bits per heavy atom. The number of aryl methyl sites for hydroxylation is 1. The Morgan fingerprint density at radius 3 is 2.02 bits per heavy atom. The molecule has 0 aliphatic heterocycles. The van der Waals surface area contributed by atoms with Crippen LogP contribution in [0.25, 0.3) is 0 Å². The molecule has 0 aliphatic carbocycles. The van der Waals surface area contributed by atoms with Crippen molar-refractivity contribution in [2.24, 2.45) is 0 Å². The van der Waals surface area contributed by atoms with Crippen LogP contribution in [0, 0.1) is 6.92 Å². The van der Waals surface area contributed by atoms with Gasteiger partial charge in [0, 0.05) is 24.8 Å². The summed E-state index contributed by atoms with van der Waals surface area (Å²) in [6.07, 6.45) is 1.14. The van der Waals surface area contributed by atoms with Gasteiger partial charge in [0.25, 0.3) is 21.8 Å². The zero-order valence-electron chi connectivity index (χ0n) is 22.7. The quantitative estimate of drug-likeness (QED) is 0.219. The van der Waals surface area contributed by atoms with Crippen LogP contribution in [0.5, 0.6) is 5.75 Å². The van der Waals surface area contributed by atoms with E-state index in [4.69, 9.17) is 4.74 Å². The van der Waals surface area contributed by atoms with Crippen LogP contribution in [-0.4, -0.2) is 43.3 Å². The molecule has 0 saturated carbocycles. The van der Waals surface area contributed by atoms with Crippen molar-refractivity contribution in [1.82, 2.24) is 25.3 Å². The van der Waals surface area contributed by atoms with Crippen LogP contribution >= 0.6 is 0 Å². The zero-order chi connectivity index (χ0) is 30.1. The Hall–Kier alpha value is -5.30. The summed E-state index contributed by atoms with van der Waals surface area (Å²) in [4.78, 5) is 45.3. The molecule has 0 spiro atoms. The molecule has 0 aliphatic rings. The second-order valence-corrected chi connectivity index (χ2v) is 10.8. The van der Waals surface area contributed by atoms with Gasteiger partial charge in [0.05, 0.1) is 12.0 Å². The molecule has 42 heavy (non-hydrogen) atoms. The number of carbonyl (C=O) groups is 3. The molecule has 1 aromatic heterocycles. The lowest BCUT2D eigenvalue weighted by atomic mass is 10.2. The van der Waals surface area contributed by atoms with Crippen LogP contribution in [0.3, 0.4) is 0 Å². The Balaban J connectivity index is 1.27. The van der Waals surface area contributed by atoms with Gasteiger partial charge < -0.3 is 20.7 Å². The predicted molar refractivity (Wildman–Crippen MR) is 154 cm³/mol. The van der Waals surface area contributed by atoms with Gasteiger partial charge in [-0.05, 0) is 54.4 Å². The number of amides is 4. The van der Waals surface area contributed by atoms with E-state index in [1.54, 1.807) is 55.6 Å². The molecule has 4 aromatic rings. The zero-order valence-corrected chi connectivity index (χ0v) is 23.6. The monoisotopic (exact) mass is 588 g/mol. The largest absolute Gasteiger partial charge is 0.497 e. The third-order valence-electron chi connectivity index (χ3n) is 5.94. The van der Waals surface area contributed by atoms with Gasteiger partial charge in [0.15, 0.2) is 0 Å². The van der Waals surface area contributed by atoms with Gasteiger partial charge in [-0.25, -0.2) is 27.9 Å². The molecule has 12 nitrogen and oxygen atoms in total. The Morgan fingerprint density at radius 1 is 0.786 bits per heavy atom. The van der Waals surface area contributed by atoms with E-state index in [0.29, 0.717) is 17.0 Å². The average Bonchev–Trinajstić information content (AvgIpc) is 2.99. The first-order valence-electron chi connectivity index (χ1n) is 12.6. The first-order chi connectivity index (χ1) is 20.1. The first-order valence-corrected chi connectivity index (χ1v) is 14.1. The number of hydrogen-bond acceptors (Lipinski definition) is 8. The molecule has 0 bridgehead atoms. The van der Waals surface area contributed by atoms with Crippen molar-refractivity contribution >= 4 is 33.6 Å². The smallest absolute Gasteiger partial charge is 0.333 e. The van der Waals surface area contributed by atoms with E-state index < -0.39 is 27.9 Å². The molecule has 0 fully saturated rings. The maximum absolute atomic E-state index is 12.7. The molecule has 0 saturated heterocycles. The molecule has 4 N–H and O–H groups in total. The van der Waals surface area contributed by atoms with Crippen molar-refractivity contribution in [3.63, 3.8) is 0 Å². The summed E-state index contributed by atoms with van der Waals surface area (Å²) < 4.78 is 31.9. The standard InChI is InChI=1S/C29H28N6O6S/c1-19-6-12-24(13-7-19)42(39,40)35-29(38)34-22-10-8-20(9-11-22)16-30-27(36)25-15-26(33-18-32-25)28(37)31-17-21-4-3-5-23(14-21)41-2/h3-15,18H,16-17H2,1-2H3,(H,30,36)(H,31,37)(H2,34,35,38). The average molecular weight is 589 g/mol. The number of nitrogens with zero attached hydrogens (tertiary/aromatic N) is 2. The minimum atomic E-state index is -4.03.